The Morgan fingerprint density at radius 3 is 2.60 bits per heavy atom. The first kappa shape index (κ1) is 17.9. The van der Waals surface area contributed by atoms with Crippen LogP contribution in [0, 0.1) is 17.0 Å². The Morgan fingerprint density at radius 2 is 1.92 bits per heavy atom. The van der Waals surface area contributed by atoms with Gasteiger partial charge < -0.3 is 10.1 Å². The van der Waals surface area contributed by atoms with Gasteiger partial charge in [-0.05, 0) is 30.7 Å². The van der Waals surface area contributed by atoms with Gasteiger partial charge in [-0.3, -0.25) is 14.9 Å². The molecule has 0 saturated heterocycles. The summed E-state index contributed by atoms with van der Waals surface area (Å²) in [5.74, 6) is -1.17. The maximum atomic E-state index is 11.7. The van der Waals surface area contributed by atoms with Crippen LogP contribution in [0.4, 0.5) is 11.4 Å². The van der Waals surface area contributed by atoms with Crippen LogP contribution in [-0.4, -0.2) is 23.4 Å². The highest BCUT2D eigenvalue weighted by Gasteiger charge is 2.07. The molecule has 0 radical (unpaired) electrons. The number of anilines is 1. The van der Waals surface area contributed by atoms with E-state index in [1.165, 1.54) is 24.3 Å². The number of nitrogens with zero attached hydrogens (tertiary/aromatic N) is 1. The summed E-state index contributed by atoms with van der Waals surface area (Å²) in [4.78, 5) is 33.5. The van der Waals surface area contributed by atoms with Crippen LogP contribution < -0.4 is 5.32 Å². The van der Waals surface area contributed by atoms with Crippen LogP contribution in [0.1, 0.15) is 11.1 Å². The number of non-ortho nitro benzene ring substituents is 1. The standard InChI is InChI=1S/C18H16N2O5/c1-13-5-8-15(9-6-13)19-17(21)12-25-18(22)10-7-14-3-2-4-16(11-14)20(23)24/h2-11H,12H2,1H3,(H,19,21)/b10-7+. The van der Waals surface area contributed by atoms with Crippen LogP contribution in [0.5, 0.6) is 0 Å². The highest BCUT2D eigenvalue weighted by Crippen LogP contribution is 2.14. The van der Waals surface area contributed by atoms with Crippen LogP contribution in [-0.2, 0) is 14.3 Å². The van der Waals surface area contributed by atoms with Gasteiger partial charge in [-0.1, -0.05) is 29.8 Å². The van der Waals surface area contributed by atoms with Crippen LogP contribution in [0.2, 0.25) is 0 Å². The Morgan fingerprint density at radius 1 is 1.20 bits per heavy atom. The van der Waals surface area contributed by atoms with Crippen molar-refractivity contribution < 1.29 is 19.2 Å². The molecule has 0 fully saturated rings. The summed E-state index contributed by atoms with van der Waals surface area (Å²) in [5, 5.41) is 13.3. The number of carbonyl (C=O) groups is 2. The van der Waals surface area contributed by atoms with E-state index in [1.54, 1.807) is 18.2 Å². The third-order valence-corrected chi connectivity index (χ3v) is 3.17. The molecule has 0 spiro atoms. The van der Waals surface area contributed by atoms with Crippen molar-refractivity contribution in [2.24, 2.45) is 0 Å². The van der Waals surface area contributed by atoms with Crippen LogP contribution in [0.25, 0.3) is 6.08 Å². The minimum atomic E-state index is -0.717. The van der Waals surface area contributed by atoms with Crippen molar-refractivity contribution in [1.82, 2.24) is 0 Å². The van der Waals surface area contributed by atoms with Crippen molar-refractivity contribution in [3.8, 4) is 0 Å². The third-order valence-electron chi connectivity index (χ3n) is 3.17. The molecule has 0 unspecified atom stereocenters. The van der Waals surface area contributed by atoms with Crippen molar-refractivity contribution in [2.75, 3.05) is 11.9 Å². The molecule has 1 amide bonds. The van der Waals surface area contributed by atoms with Crippen molar-refractivity contribution >= 4 is 29.3 Å². The van der Waals surface area contributed by atoms with E-state index >= 15 is 0 Å². The highest BCUT2D eigenvalue weighted by molar-refractivity contribution is 5.94. The number of nitrogens with one attached hydrogen (secondary N) is 1. The molecule has 7 heteroatoms. The number of benzene rings is 2. The van der Waals surface area contributed by atoms with E-state index < -0.39 is 23.4 Å². The average Bonchev–Trinajstić information content (AvgIpc) is 2.60. The monoisotopic (exact) mass is 340 g/mol. The number of carbonyl (C=O) groups excluding carboxylic acids is 2. The fraction of sp³-hybridized carbons (Fsp3) is 0.111. The Balaban J connectivity index is 1.83. The fourth-order valence-corrected chi connectivity index (χ4v) is 1.93. The summed E-state index contributed by atoms with van der Waals surface area (Å²) >= 11 is 0. The predicted molar refractivity (Wildman–Crippen MR) is 92.9 cm³/mol. The SMILES string of the molecule is Cc1ccc(NC(=O)COC(=O)/C=C/c2cccc([N+](=O)[O-])c2)cc1. The largest absolute Gasteiger partial charge is 0.452 e. The van der Waals surface area contributed by atoms with E-state index in [-0.39, 0.29) is 5.69 Å². The number of esters is 1. The molecule has 0 aliphatic rings. The molecule has 2 rings (SSSR count). The normalized spacial score (nSPS) is 10.4. The van der Waals surface area contributed by atoms with Crippen molar-refractivity contribution in [1.29, 1.82) is 0 Å². The topological polar surface area (TPSA) is 98.5 Å². The summed E-state index contributed by atoms with van der Waals surface area (Å²) in [5.41, 5.74) is 2.08. The summed E-state index contributed by atoms with van der Waals surface area (Å²) < 4.78 is 4.83. The molecule has 0 saturated carbocycles. The lowest BCUT2D eigenvalue weighted by molar-refractivity contribution is -0.384. The molecule has 128 valence electrons. The molecule has 1 N–H and O–H groups in total. The molecular formula is C18H16N2O5. The van der Waals surface area contributed by atoms with E-state index in [9.17, 15) is 19.7 Å². The number of nitro groups is 1. The fourth-order valence-electron chi connectivity index (χ4n) is 1.93. The molecule has 25 heavy (non-hydrogen) atoms. The molecule has 7 nitrogen and oxygen atoms in total. The number of hydrogen-bond donors (Lipinski definition) is 1. The van der Waals surface area contributed by atoms with Gasteiger partial charge in [0.25, 0.3) is 11.6 Å². The van der Waals surface area contributed by atoms with Gasteiger partial charge in [-0.2, -0.15) is 0 Å². The zero-order valence-electron chi connectivity index (χ0n) is 13.5. The molecule has 0 atom stereocenters. The molecule has 0 aliphatic carbocycles. The zero-order valence-corrected chi connectivity index (χ0v) is 13.5. The number of ether oxygens (including phenoxy) is 1. The molecule has 2 aromatic rings. The number of rotatable bonds is 6. The quantitative estimate of drug-likeness (QED) is 0.377. The Bertz CT molecular complexity index is 812. The number of nitro benzene ring substituents is 1. The van der Waals surface area contributed by atoms with Gasteiger partial charge in [0.1, 0.15) is 0 Å². The minimum Gasteiger partial charge on any atom is -0.452 e. The van der Waals surface area contributed by atoms with E-state index in [1.807, 2.05) is 19.1 Å². The van der Waals surface area contributed by atoms with Gasteiger partial charge in [0.05, 0.1) is 4.92 Å². The summed E-state index contributed by atoms with van der Waals surface area (Å²) in [6, 6.07) is 13.0. The van der Waals surface area contributed by atoms with E-state index in [0.717, 1.165) is 11.6 Å². The first-order chi connectivity index (χ1) is 11.9. The van der Waals surface area contributed by atoms with Gasteiger partial charge >= 0.3 is 5.97 Å². The number of aryl methyl sites for hydroxylation is 1. The predicted octanol–water partition coefficient (Wildman–Crippen LogP) is 3.10. The Hall–Kier alpha value is -3.48. The smallest absolute Gasteiger partial charge is 0.331 e. The lowest BCUT2D eigenvalue weighted by atomic mass is 10.2. The number of amides is 1. The highest BCUT2D eigenvalue weighted by atomic mass is 16.6. The average molecular weight is 340 g/mol. The van der Waals surface area contributed by atoms with Crippen molar-refractivity contribution in [2.45, 2.75) is 6.92 Å². The Labute approximate surface area is 144 Å². The van der Waals surface area contributed by atoms with Crippen LogP contribution >= 0.6 is 0 Å². The first-order valence-corrected chi connectivity index (χ1v) is 7.40. The molecule has 0 bridgehead atoms. The summed E-state index contributed by atoms with van der Waals surface area (Å²) in [6.07, 6.45) is 2.49. The van der Waals surface area contributed by atoms with Crippen LogP contribution in [0.15, 0.2) is 54.6 Å². The van der Waals surface area contributed by atoms with Gasteiger partial charge in [0, 0.05) is 23.9 Å². The maximum Gasteiger partial charge on any atom is 0.331 e. The second-order valence-electron chi connectivity index (χ2n) is 5.21. The molecule has 0 heterocycles. The van der Waals surface area contributed by atoms with Gasteiger partial charge in [-0.15, -0.1) is 0 Å². The van der Waals surface area contributed by atoms with E-state index in [4.69, 9.17) is 4.74 Å². The molecular weight excluding hydrogens is 324 g/mol. The molecule has 0 aliphatic heterocycles. The maximum absolute atomic E-state index is 11.7. The van der Waals surface area contributed by atoms with Crippen LogP contribution in [0.3, 0.4) is 0 Å². The van der Waals surface area contributed by atoms with Gasteiger partial charge in [0.2, 0.25) is 0 Å². The lowest BCUT2D eigenvalue weighted by Gasteiger charge is -2.05. The van der Waals surface area contributed by atoms with E-state index in [2.05, 4.69) is 5.32 Å². The summed E-state index contributed by atoms with van der Waals surface area (Å²) in [7, 11) is 0. The van der Waals surface area contributed by atoms with E-state index in [0.29, 0.717) is 11.3 Å². The van der Waals surface area contributed by atoms with Crippen molar-refractivity contribution in [3.05, 3.63) is 75.8 Å². The minimum absolute atomic E-state index is 0.0759. The zero-order chi connectivity index (χ0) is 18.2. The molecule has 2 aromatic carbocycles. The summed E-state index contributed by atoms with van der Waals surface area (Å²) in [6.45, 7) is 1.51. The Kier molecular flexibility index (Phi) is 6.00. The second-order valence-corrected chi connectivity index (χ2v) is 5.21. The lowest BCUT2D eigenvalue weighted by Crippen LogP contribution is -2.20. The number of hydrogen-bond acceptors (Lipinski definition) is 5. The molecule has 0 aromatic heterocycles. The first-order valence-electron chi connectivity index (χ1n) is 7.40. The third kappa shape index (κ3) is 5.91. The second kappa shape index (κ2) is 8.39. The van der Waals surface area contributed by atoms with Gasteiger partial charge in [-0.25, -0.2) is 4.79 Å². The van der Waals surface area contributed by atoms with Gasteiger partial charge in [0.15, 0.2) is 6.61 Å². The van der Waals surface area contributed by atoms with Crippen molar-refractivity contribution in [3.63, 3.8) is 0 Å².